The molecule has 0 N–H and O–H groups in total. The van der Waals surface area contributed by atoms with Crippen molar-refractivity contribution in [2.24, 2.45) is 5.92 Å². The number of ketones is 1. The van der Waals surface area contributed by atoms with Crippen LogP contribution in [0.5, 0.6) is 0 Å². The molecule has 0 fully saturated rings. The van der Waals surface area contributed by atoms with E-state index in [2.05, 4.69) is 0 Å². The lowest BCUT2D eigenvalue weighted by molar-refractivity contribution is -0.123. The summed E-state index contributed by atoms with van der Waals surface area (Å²) in [5.74, 6) is 0.356. The molecule has 0 amide bonds. The van der Waals surface area contributed by atoms with Gasteiger partial charge in [0, 0.05) is 33.2 Å². The monoisotopic (exact) mass is 174 g/mol. The van der Waals surface area contributed by atoms with Crippen LogP contribution in [0.4, 0.5) is 0 Å². The molecule has 0 aliphatic carbocycles. The van der Waals surface area contributed by atoms with Crippen LogP contribution in [0.1, 0.15) is 19.8 Å². The van der Waals surface area contributed by atoms with Gasteiger partial charge in [-0.15, -0.1) is 0 Å². The molecule has 72 valence electrons. The minimum Gasteiger partial charge on any atom is -0.385 e. The van der Waals surface area contributed by atoms with Gasteiger partial charge in [-0.25, -0.2) is 0 Å². The minimum atomic E-state index is 0.0973. The largest absolute Gasteiger partial charge is 0.385 e. The third-order valence-electron chi connectivity index (χ3n) is 1.86. The van der Waals surface area contributed by atoms with Gasteiger partial charge in [0.25, 0.3) is 0 Å². The molecule has 0 saturated heterocycles. The molecule has 0 heterocycles. The van der Waals surface area contributed by atoms with E-state index in [1.165, 1.54) is 0 Å². The van der Waals surface area contributed by atoms with Crippen LogP contribution in [0.15, 0.2) is 0 Å². The predicted octanol–water partition coefficient (Wildman–Crippen LogP) is 1.26. The molecule has 0 aliphatic heterocycles. The number of carbonyl (C=O) groups excluding carboxylic acids is 1. The molecule has 0 aromatic heterocycles. The van der Waals surface area contributed by atoms with E-state index < -0.39 is 0 Å². The second-order valence-electron chi connectivity index (χ2n) is 2.89. The first-order valence-corrected chi connectivity index (χ1v) is 4.23. The summed E-state index contributed by atoms with van der Waals surface area (Å²) in [6.45, 7) is 3.10. The Morgan fingerprint density at radius 3 is 2.33 bits per heavy atom. The van der Waals surface area contributed by atoms with Crippen LogP contribution in [-0.4, -0.2) is 33.2 Å². The SMILES string of the molecule is COCCC(=O)C(C)CCOC. The normalized spacial score (nSPS) is 12.9. The average Bonchev–Trinajstić information content (AvgIpc) is 2.10. The van der Waals surface area contributed by atoms with Crippen molar-refractivity contribution in [3.8, 4) is 0 Å². The zero-order valence-corrected chi connectivity index (χ0v) is 8.13. The first kappa shape index (κ1) is 11.6. The predicted molar refractivity (Wildman–Crippen MR) is 47.2 cm³/mol. The molecule has 12 heavy (non-hydrogen) atoms. The van der Waals surface area contributed by atoms with Crippen LogP contribution in [0, 0.1) is 5.92 Å². The highest BCUT2D eigenvalue weighted by Gasteiger charge is 2.11. The van der Waals surface area contributed by atoms with Crippen LogP contribution in [0.2, 0.25) is 0 Å². The number of ether oxygens (including phenoxy) is 2. The minimum absolute atomic E-state index is 0.0973. The standard InChI is InChI=1S/C9H18O3/c1-8(4-6-11-2)9(10)5-7-12-3/h8H,4-7H2,1-3H3. The quantitative estimate of drug-likeness (QED) is 0.583. The molecule has 0 rings (SSSR count). The van der Waals surface area contributed by atoms with Crippen LogP contribution in [0.3, 0.4) is 0 Å². The van der Waals surface area contributed by atoms with E-state index in [1.807, 2.05) is 6.92 Å². The number of hydrogen-bond donors (Lipinski definition) is 0. The average molecular weight is 174 g/mol. The van der Waals surface area contributed by atoms with Gasteiger partial charge in [0.2, 0.25) is 0 Å². The summed E-state index contributed by atoms with van der Waals surface area (Å²) in [5, 5.41) is 0. The Kier molecular flexibility index (Phi) is 7.00. The Labute approximate surface area is 74.0 Å². The van der Waals surface area contributed by atoms with Crippen molar-refractivity contribution in [3.05, 3.63) is 0 Å². The fraction of sp³-hybridized carbons (Fsp3) is 0.889. The molecule has 3 nitrogen and oxygen atoms in total. The van der Waals surface area contributed by atoms with Crippen molar-refractivity contribution in [1.29, 1.82) is 0 Å². The van der Waals surface area contributed by atoms with Gasteiger partial charge in [-0.1, -0.05) is 6.92 Å². The maximum atomic E-state index is 11.3. The molecular formula is C9H18O3. The third kappa shape index (κ3) is 5.27. The fourth-order valence-electron chi connectivity index (χ4n) is 0.905. The molecule has 0 radical (unpaired) electrons. The number of hydrogen-bond acceptors (Lipinski definition) is 3. The van der Waals surface area contributed by atoms with Gasteiger partial charge in [0.05, 0.1) is 6.61 Å². The van der Waals surface area contributed by atoms with Crippen LogP contribution >= 0.6 is 0 Å². The van der Waals surface area contributed by atoms with E-state index >= 15 is 0 Å². The Morgan fingerprint density at radius 2 is 1.83 bits per heavy atom. The molecule has 1 unspecified atom stereocenters. The smallest absolute Gasteiger partial charge is 0.138 e. The molecule has 0 aliphatic rings. The van der Waals surface area contributed by atoms with Gasteiger partial charge >= 0.3 is 0 Å². The van der Waals surface area contributed by atoms with Crippen molar-refractivity contribution in [2.45, 2.75) is 19.8 Å². The topological polar surface area (TPSA) is 35.5 Å². The summed E-state index contributed by atoms with van der Waals surface area (Å²) in [7, 11) is 3.25. The Bertz CT molecular complexity index is 123. The lowest BCUT2D eigenvalue weighted by Crippen LogP contribution is -2.14. The second kappa shape index (κ2) is 7.25. The molecule has 0 bridgehead atoms. The van der Waals surface area contributed by atoms with Crippen LogP contribution in [-0.2, 0) is 14.3 Å². The van der Waals surface area contributed by atoms with Crippen LogP contribution < -0.4 is 0 Å². The first-order chi connectivity index (χ1) is 5.72. The van der Waals surface area contributed by atoms with Crippen LogP contribution in [0.25, 0.3) is 0 Å². The van der Waals surface area contributed by atoms with Crippen molar-refractivity contribution >= 4 is 5.78 Å². The van der Waals surface area contributed by atoms with Crippen molar-refractivity contribution in [3.63, 3.8) is 0 Å². The van der Waals surface area contributed by atoms with Gasteiger partial charge in [-0.3, -0.25) is 4.79 Å². The summed E-state index contributed by atoms with van der Waals surface area (Å²) in [6.07, 6.45) is 1.32. The maximum absolute atomic E-state index is 11.3. The van der Waals surface area contributed by atoms with E-state index in [9.17, 15) is 4.79 Å². The first-order valence-electron chi connectivity index (χ1n) is 4.23. The second-order valence-corrected chi connectivity index (χ2v) is 2.89. The molecular weight excluding hydrogens is 156 g/mol. The molecule has 0 spiro atoms. The van der Waals surface area contributed by atoms with E-state index in [1.54, 1.807) is 14.2 Å². The number of carbonyl (C=O) groups is 1. The van der Waals surface area contributed by atoms with Gasteiger partial charge in [0.1, 0.15) is 5.78 Å². The third-order valence-corrected chi connectivity index (χ3v) is 1.86. The van der Waals surface area contributed by atoms with Crippen molar-refractivity contribution < 1.29 is 14.3 Å². The highest BCUT2D eigenvalue weighted by atomic mass is 16.5. The van der Waals surface area contributed by atoms with E-state index in [4.69, 9.17) is 9.47 Å². The number of Topliss-reactive ketones (excluding diaryl/α,β-unsaturated/α-hetero) is 1. The maximum Gasteiger partial charge on any atom is 0.138 e. The number of methoxy groups -OCH3 is 2. The molecule has 0 saturated carbocycles. The van der Waals surface area contributed by atoms with Gasteiger partial charge < -0.3 is 9.47 Å². The van der Waals surface area contributed by atoms with Gasteiger partial charge in [-0.05, 0) is 6.42 Å². The van der Waals surface area contributed by atoms with Crippen molar-refractivity contribution in [2.75, 3.05) is 27.4 Å². The zero-order chi connectivity index (χ0) is 9.40. The van der Waals surface area contributed by atoms with E-state index in [0.29, 0.717) is 19.6 Å². The Morgan fingerprint density at radius 1 is 1.25 bits per heavy atom. The van der Waals surface area contributed by atoms with E-state index in [-0.39, 0.29) is 11.7 Å². The van der Waals surface area contributed by atoms with Gasteiger partial charge in [-0.2, -0.15) is 0 Å². The van der Waals surface area contributed by atoms with Gasteiger partial charge in [0.15, 0.2) is 0 Å². The highest BCUT2D eigenvalue weighted by molar-refractivity contribution is 5.80. The molecule has 3 heteroatoms. The lowest BCUT2D eigenvalue weighted by Gasteiger charge is -2.08. The summed E-state index contributed by atoms with van der Waals surface area (Å²) < 4.78 is 9.70. The fourth-order valence-corrected chi connectivity index (χ4v) is 0.905. The zero-order valence-electron chi connectivity index (χ0n) is 8.13. The lowest BCUT2D eigenvalue weighted by atomic mass is 10.0. The molecule has 0 aromatic carbocycles. The summed E-state index contributed by atoms with van der Waals surface area (Å²) in [5.41, 5.74) is 0. The molecule has 0 aromatic rings. The highest BCUT2D eigenvalue weighted by Crippen LogP contribution is 2.05. The summed E-state index contributed by atoms with van der Waals surface area (Å²) in [4.78, 5) is 11.3. The van der Waals surface area contributed by atoms with E-state index in [0.717, 1.165) is 6.42 Å². The Hall–Kier alpha value is -0.410. The van der Waals surface area contributed by atoms with Crippen molar-refractivity contribution in [1.82, 2.24) is 0 Å². The summed E-state index contributed by atoms with van der Waals surface area (Å²) in [6, 6.07) is 0. The summed E-state index contributed by atoms with van der Waals surface area (Å²) >= 11 is 0. The molecule has 1 atom stereocenters. The number of rotatable bonds is 7. The Balaban J connectivity index is 3.47.